The molecule has 22 heavy (non-hydrogen) atoms. The first-order valence-corrected chi connectivity index (χ1v) is 8.21. The molecule has 1 rings (SSSR count). The average molecular weight is 314 g/mol. The van der Waals surface area contributed by atoms with Crippen molar-refractivity contribution in [2.24, 2.45) is 10.8 Å². The van der Waals surface area contributed by atoms with Crippen LogP contribution in [0.4, 0.5) is 0 Å². The highest BCUT2D eigenvalue weighted by atomic mass is 16.6. The topological polar surface area (TPSA) is 61.8 Å². The van der Waals surface area contributed by atoms with Gasteiger partial charge in [-0.2, -0.15) is 0 Å². The normalized spacial score (nSPS) is 21.2. The fourth-order valence-electron chi connectivity index (χ4n) is 2.83. The third kappa shape index (κ3) is 4.97. The van der Waals surface area contributed by atoms with E-state index in [9.17, 15) is 9.59 Å². The zero-order valence-corrected chi connectivity index (χ0v) is 14.6. The van der Waals surface area contributed by atoms with Gasteiger partial charge in [0.05, 0.1) is 23.5 Å². The van der Waals surface area contributed by atoms with E-state index in [1.54, 1.807) is 6.92 Å². The summed E-state index contributed by atoms with van der Waals surface area (Å²) in [7, 11) is 0. The van der Waals surface area contributed by atoms with Crippen LogP contribution in [-0.4, -0.2) is 37.9 Å². The minimum atomic E-state index is -0.719. The lowest BCUT2D eigenvalue weighted by molar-refractivity contribution is -0.164. The smallest absolute Gasteiger partial charge is 0.311 e. The molecule has 1 aliphatic heterocycles. The van der Waals surface area contributed by atoms with Crippen molar-refractivity contribution < 1.29 is 23.8 Å². The first-order valence-electron chi connectivity index (χ1n) is 8.21. The Balaban J connectivity index is 2.64. The highest BCUT2D eigenvalue weighted by Gasteiger charge is 2.43. The summed E-state index contributed by atoms with van der Waals surface area (Å²) in [6.45, 7) is 10.6. The first-order chi connectivity index (χ1) is 10.2. The van der Waals surface area contributed by atoms with Gasteiger partial charge in [0.1, 0.15) is 6.61 Å². The van der Waals surface area contributed by atoms with Crippen LogP contribution in [0, 0.1) is 10.8 Å². The molecule has 0 N–H and O–H groups in total. The Morgan fingerprint density at radius 1 is 1.14 bits per heavy atom. The second-order valence-corrected chi connectivity index (χ2v) is 6.93. The third-order valence-corrected chi connectivity index (χ3v) is 4.36. The SMILES string of the molecule is CCOC(=O)C(C)(C)CC(C)(CC)C(=O)OCC1CCCO1. The Labute approximate surface area is 133 Å². The molecule has 5 nitrogen and oxygen atoms in total. The highest BCUT2D eigenvalue weighted by Crippen LogP contribution is 2.38. The zero-order chi connectivity index (χ0) is 16.8. The first kappa shape index (κ1) is 18.9. The third-order valence-electron chi connectivity index (χ3n) is 4.36. The van der Waals surface area contributed by atoms with Crippen LogP contribution in [0.5, 0.6) is 0 Å². The number of ether oxygens (including phenoxy) is 3. The molecule has 5 heteroatoms. The van der Waals surface area contributed by atoms with E-state index < -0.39 is 10.8 Å². The van der Waals surface area contributed by atoms with Crippen LogP contribution in [0.2, 0.25) is 0 Å². The predicted octanol–water partition coefficient (Wildman–Crippen LogP) is 3.10. The quantitative estimate of drug-likeness (QED) is 0.644. The van der Waals surface area contributed by atoms with Crippen LogP contribution < -0.4 is 0 Å². The van der Waals surface area contributed by atoms with Crippen LogP contribution in [0.15, 0.2) is 0 Å². The van der Waals surface area contributed by atoms with E-state index in [2.05, 4.69) is 0 Å². The Morgan fingerprint density at radius 2 is 1.82 bits per heavy atom. The molecular weight excluding hydrogens is 284 g/mol. The van der Waals surface area contributed by atoms with Crippen LogP contribution in [0.3, 0.4) is 0 Å². The molecule has 0 bridgehead atoms. The number of hydrogen-bond acceptors (Lipinski definition) is 5. The van der Waals surface area contributed by atoms with Crippen molar-refractivity contribution in [2.75, 3.05) is 19.8 Å². The largest absolute Gasteiger partial charge is 0.466 e. The maximum Gasteiger partial charge on any atom is 0.311 e. The Kier molecular flexibility index (Phi) is 6.85. The van der Waals surface area contributed by atoms with Gasteiger partial charge in [0.2, 0.25) is 0 Å². The summed E-state index contributed by atoms with van der Waals surface area (Å²) < 4.78 is 16.0. The number of carbonyl (C=O) groups is 2. The highest BCUT2D eigenvalue weighted by molar-refractivity contribution is 5.80. The minimum Gasteiger partial charge on any atom is -0.466 e. The van der Waals surface area contributed by atoms with Crippen molar-refractivity contribution in [1.29, 1.82) is 0 Å². The molecule has 2 unspecified atom stereocenters. The van der Waals surface area contributed by atoms with Gasteiger partial charge in [-0.05, 0) is 53.4 Å². The Hall–Kier alpha value is -1.10. The molecule has 1 saturated heterocycles. The second-order valence-electron chi connectivity index (χ2n) is 6.93. The van der Waals surface area contributed by atoms with Gasteiger partial charge in [0.15, 0.2) is 0 Å². The van der Waals surface area contributed by atoms with Crippen molar-refractivity contribution in [1.82, 2.24) is 0 Å². The number of esters is 2. The van der Waals surface area contributed by atoms with Gasteiger partial charge in [-0.25, -0.2) is 0 Å². The molecule has 0 amide bonds. The molecular formula is C17H30O5. The molecule has 0 saturated carbocycles. The molecule has 0 aromatic heterocycles. The van der Waals surface area contributed by atoms with E-state index in [0.717, 1.165) is 19.4 Å². The van der Waals surface area contributed by atoms with Crippen molar-refractivity contribution in [2.45, 2.75) is 66.4 Å². The molecule has 1 fully saturated rings. The summed E-state index contributed by atoms with van der Waals surface area (Å²) in [5.41, 5.74) is -1.42. The number of carbonyl (C=O) groups excluding carboxylic acids is 2. The molecule has 0 spiro atoms. The summed E-state index contributed by atoms with van der Waals surface area (Å²) in [5, 5.41) is 0. The van der Waals surface area contributed by atoms with Crippen LogP contribution in [0.1, 0.15) is 60.3 Å². The second kappa shape index (κ2) is 7.95. The lowest BCUT2D eigenvalue weighted by Crippen LogP contribution is -2.39. The van der Waals surface area contributed by atoms with Crippen LogP contribution in [-0.2, 0) is 23.8 Å². The van der Waals surface area contributed by atoms with Crippen LogP contribution in [0.25, 0.3) is 0 Å². The Morgan fingerprint density at radius 3 is 2.32 bits per heavy atom. The predicted molar refractivity (Wildman–Crippen MR) is 83.4 cm³/mol. The van der Waals surface area contributed by atoms with E-state index >= 15 is 0 Å². The van der Waals surface area contributed by atoms with Gasteiger partial charge < -0.3 is 14.2 Å². The molecule has 0 aromatic rings. The molecule has 2 atom stereocenters. The van der Waals surface area contributed by atoms with Crippen molar-refractivity contribution in [3.63, 3.8) is 0 Å². The standard InChI is InChI=1S/C17H30O5/c1-6-17(5,12-16(3,4)14(18)20-7-2)15(19)22-11-13-9-8-10-21-13/h13H,6-12H2,1-5H3. The summed E-state index contributed by atoms with van der Waals surface area (Å²) in [5.74, 6) is -0.538. The van der Waals surface area contributed by atoms with E-state index in [-0.39, 0.29) is 18.0 Å². The number of rotatable bonds is 8. The summed E-state index contributed by atoms with van der Waals surface area (Å²) in [4.78, 5) is 24.5. The van der Waals surface area contributed by atoms with Gasteiger partial charge in [0, 0.05) is 6.61 Å². The van der Waals surface area contributed by atoms with Crippen molar-refractivity contribution in [3.05, 3.63) is 0 Å². The van der Waals surface area contributed by atoms with E-state index in [1.165, 1.54) is 0 Å². The molecule has 1 aliphatic rings. The zero-order valence-electron chi connectivity index (χ0n) is 14.6. The van der Waals surface area contributed by atoms with Gasteiger partial charge in [-0.1, -0.05) is 6.92 Å². The lowest BCUT2D eigenvalue weighted by Gasteiger charge is -2.33. The van der Waals surface area contributed by atoms with Gasteiger partial charge in [-0.15, -0.1) is 0 Å². The maximum absolute atomic E-state index is 12.5. The fraction of sp³-hybridized carbons (Fsp3) is 0.882. The van der Waals surface area contributed by atoms with Crippen molar-refractivity contribution >= 4 is 11.9 Å². The Bertz CT molecular complexity index is 385. The van der Waals surface area contributed by atoms with E-state index in [4.69, 9.17) is 14.2 Å². The average Bonchev–Trinajstić information content (AvgIpc) is 2.97. The number of hydrogen-bond donors (Lipinski definition) is 0. The van der Waals surface area contributed by atoms with Gasteiger partial charge in [0.25, 0.3) is 0 Å². The fourth-order valence-corrected chi connectivity index (χ4v) is 2.83. The molecule has 0 aliphatic carbocycles. The van der Waals surface area contributed by atoms with E-state index in [1.807, 2.05) is 27.7 Å². The molecule has 128 valence electrons. The monoisotopic (exact) mass is 314 g/mol. The van der Waals surface area contributed by atoms with Crippen molar-refractivity contribution in [3.8, 4) is 0 Å². The summed E-state index contributed by atoms with van der Waals surface area (Å²) >= 11 is 0. The van der Waals surface area contributed by atoms with E-state index in [0.29, 0.717) is 26.1 Å². The maximum atomic E-state index is 12.5. The van der Waals surface area contributed by atoms with Gasteiger partial charge in [-0.3, -0.25) is 9.59 Å². The minimum absolute atomic E-state index is 0.0168. The molecule has 1 heterocycles. The summed E-state index contributed by atoms with van der Waals surface area (Å²) in [6.07, 6.45) is 2.98. The molecule has 0 aromatic carbocycles. The lowest BCUT2D eigenvalue weighted by atomic mass is 9.72. The van der Waals surface area contributed by atoms with Gasteiger partial charge >= 0.3 is 11.9 Å². The molecule has 0 radical (unpaired) electrons. The summed E-state index contributed by atoms with van der Waals surface area (Å²) in [6, 6.07) is 0. The van der Waals surface area contributed by atoms with Crippen LogP contribution >= 0.6 is 0 Å².